The van der Waals surface area contributed by atoms with E-state index >= 15 is 0 Å². The Morgan fingerprint density at radius 1 is 0.882 bits per heavy atom. The Kier molecular flexibility index (Phi) is 11.2. The van der Waals surface area contributed by atoms with E-state index in [1.807, 2.05) is 69.3 Å². The highest BCUT2D eigenvalue weighted by Crippen LogP contribution is 2.19. The van der Waals surface area contributed by atoms with E-state index in [0.717, 1.165) is 29.2 Å². The van der Waals surface area contributed by atoms with E-state index in [1.54, 1.807) is 19.1 Å². The van der Waals surface area contributed by atoms with Gasteiger partial charge in [0.15, 0.2) is 0 Å². The zero-order valence-corrected chi connectivity index (χ0v) is 21.0. The largest absolute Gasteiger partial charge is 0.497 e. The third kappa shape index (κ3) is 8.28. The molecule has 0 bridgehead atoms. The molecule has 7 heteroatoms. The van der Waals surface area contributed by atoms with E-state index in [4.69, 9.17) is 14.2 Å². The number of nitrogens with one attached hydrogen (secondary N) is 1. The summed E-state index contributed by atoms with van der Waals surface area (Å²) in [6, 6.07) is 14.4. The van der Waals surface area contributed by atoms with Gasteiger partial charge in [-0.3, -0.25) is 9.59 Å². The summed E-state index contributed by atoms with van der Waals surface area (Å²) in [6.07, 6.45) is 2.20. The number of hydrogen-bond acceptors (Lipinski definition) is 5. The molecule has 186 valence electrons. The lowest BCUT2D eigenvalue weighted by Gasteiger charge is -2.31. The fraction of sp³-hybridized carbons (Fsp3) is 0.481. The van der Waals surface area contributed by atoms with Gasteiger partial charge in [-0.15, -0.1) is 0 Å². The van der Waals surface area contributed by atoms with E-state index in [2.05, 4.69) is 5.32 Å². The molecule has 34 heavy (non-hydrogen) atoms. The van der Waals surface area contributed by atoms with Crippen LogP contribution < -0.4 is 19.5 Å². The van der Waals surface area contributed by atoms with Crippen LogP contribution in [0.4, 0.5) is 0 Å². The van der Waals surface area contributed by atoms with Gasteiger partial charge >= 0.3 is 0 Å². The van der Waals surface area contributed by atoms with Crippen molar-refractivity contribution in [1.82, 2.24) is 10.2 Å². The summed E-state index contributed by atoms with van der Waals surface area (Å²) in [4.78, 5) is 27.9. The van der Waals surface area contributed by atoms with Gasteiger partial charge in [0.25, 0.3) is 0 Å². The first-order chi connectivity index (χ1) is 16.4. The highest BCUT2D eigenvalue weighted by atomic mass is 16.5. The molecule has 0 fully saturated rings. The van der Waals surface area contributed by atoms with Crippen LogP contribution in [0.3, 0.4) is 0 Å². The molecular weight excluding hydrogens is 432 g/mol. The second kappa shape index (κ2) is 14.1. The zero-order chi connectivity index (χ0) is 24.9. The van der Waals surface area contributed by atoms with Gasteiger partial charge in [0.2, 0.25) is 11.8 Å². The van der Waals surface area contributed by atoms with E-state index in [9.17, 15) is 9.59 Å². The fourth-order valence-electron chi connectivity index (χ4n) is 3.52. The standard InChI is InChI=1S/C27H38N2O5/c1-6-20(3)28-27(31)25(7-2)29(19-21-10-12-22(32-4)13-11-21)26(30)9-8-18-34-24-16-14-23(33-5)15-17-24/h10-17,20,25H,6-9,18-19H2,1-5H3,(H,28,31)/t20-,25+/m1/s1. The summed E-state index contributed by atoms with van der Waals surface area (Å²) in [5.41, 5.74) is 0.943. The van der Waals surface area contributed by atoms with Gasteiger partial charge in [-0.25, -0.2) is 0 Å². The lowest BCUT2D eigenvalue weighted by atomic mass is 10.1. The summed E-state index contributed by atoms with van der Waals surface area (Å²) in [7, 11) is 3.23. The minimum Gasteiger partial charge on any atom is -0.497 e. The molecule has 0 aliphatic carbocycles. The maximum atomic E-state index is 13.3. The number of methoxy groups -OCH3 is 2. The van der Waals surface area contributed by atoms with Crippen LogP contribution in [0.5, 0.6) is 17.2 Å². The lowest BCUT2D eigenvalue weighted by Crippen LogP contribution is -2.50. The highest BCUT2D eigenvalue weighted by molar-refractivity contribution is 5.87. The van der Waals surface area contributed by atoms with Crippen LogP contribution >= 0.6 is 0 Å². The molecule has 0 unspecified atom stereocenters. The third-order valence-corrected chi connectivity index (χ3v) is 5.76. The zero-order valence-electron chi connectivity index (χ0n) is 21.0. The van der Waals surface area contributed by atoms with Gasteiger partial charge in [0, 0.05) is 19.0 Å². The first-order valence-corrected chi connectivity index (χ1v) is 11.9. The van der Waals surface area contributed by atoms with Gasteiger partial charge in [0.05, 0.1) is 20.8 Å². The Hall–Kier alpha value is -3.22. The van der Waals surface area contributed by atoms with Crippen molar-refractivity contribution in [1.29, 1.82) is 0 Å². The summed E-state index contributed by atoms with van der Waals surface area (Å²) >= 11 is 0. The Labute approximate surface area is 203 Å². The molecule has 0 radical (unpaired) electrons. The summed E-state index contributed by atoms with van der Waals surface area (Å²) in [6.45, 7) is 6.69. The number of hydrogen-bond donors (Lipinski definition) is 1. The second-order valence-electron chi connectivity index (χ2n) is 8.24. The Bertz CT molecular complexity index is 883. The maximum absolute atomic E-state index is 13.3. The number of nitrogens with zero attached hydrogens (tertiary/aromatic N) is 1. The molecule has 2 aromatic rings. The fourth-order valence-corrected chi connectivity index (χ4v) is 3.52. The van der Waals surface area contributed by atoms with Crippen LogP contribution in [-0.4, -0.2) is 49.6 Å². The molecule has 0 saturated heterocycles. The molecule has 2 aromatic carbocycles. The smallest absolute Gasteiger partial charge is 0.243 e. The van der Waals surface area contributed by atoms with Crippen molar-refractivity contribution in [2.75, 3.05) is 20.8 Å². The average Bonchev–Trinajstić information content (AvgIpc) is 2.86. The Balaban J connectivity index is 2.05. The van der Waals surface area contributed by atoms with E-state index in [1.165, 1.54) is 0 Å². The van der Waals surface area contributed by atoms with E-state index in [0.29, 0.717) is 32.4 Å². The van der Waals surface area contributed by atoms with Crippen molar-refractivity contribution in [3.8, 4) is 17.2 Å². The van der Waals surface area contributed by atoms with Crippen LogP contribution in [0.15, 0.2) is 48.5 Å². The molecule has 0 aliphatic heterocycles. The third-order valence-electron chi connectivity index (χ3n) is 5.76. The van der Waals surface area contributed by atoms with Crippen LogP contribution in [0.25, 0.3) is 0 Å². The summed E-state index contributed by atoms with van der Waals surface area (Å²) in [5, 5.41) is 3.03. The minimum absolute atomic E-state index is 0.0531. The van der Waals surface area contributed by atoms with Crippen molar-refractivity contribution >= 4 is 11.8 Å². The van der Waals surface area contributed by atoms with Crippen molar-refractivity contribution in [2.24, 2.45) is 0 Å². The number of amides is 2. The second-order valence-corrected chi connectivity index (χ2v) is 8.24. The minimum atomic E-state index is -0.536. The molecule has 0 aromatic heterocycles. The predicted molar refractivity (Wildman–Crippen MR) is 133 cm³/mol. The first-order valence-electron chi connectivity index (χ1n) is 11.9. The highest BCUT2D eigenvalue weighted by Gasteiger charge is 2.29. The first kappa shape index (κ1) is 27.0. The molecule has 2 atom stereocenters. The van der Waals surface area contributed by atoms with Crippen molar-refractivity contribution < 1.29 is 23.8 Å². The van der Waals surface area contributed by atoms with Gasteiger partial charge in [0.1, 0.15) is 23.3 Å². The maximum Gasteiger partial charge on any atom is 0.243 e. The quantitative estimate of drug-likeness (QED) is 0.409. The van der Waals surface area contributed by atoms with Gasteiger partial charge in [-0.05, 0) is 68.1 Å². The molecule has 0 saturated carbocycles. The number of rotatable bonds is 14. The predicted octanol–water partition coefficient (Wildman–Crippen LogP) is 4.58. The topological polar surface area (TPSA) is 77.1 Å². The lowest BCUT2D eigenvalue weighted by molar-refractivity contribution is -0.141. The van der Waals surface area contributed by atoms with Gasteiger partial charge in [-0.1, -0.05) is 26.0 Å². The number of carbonyl (C=O) groups excluding carboxylic acids is 2. The molecule has 7 nitrogen and oxygen atoms in total. The van der Waals surface area contributed by atoms with Crippen LogP contribution in [-0.2, 0) is 16.1 Å². The van der Waals surface area contributed by atoms with Gasteiger partial charge in [-0.2, -0.15) is 0 Å². The molecule has 0 heterocycles. The van der Waals surface area contributed by atoms with E-state index < -0.39 is 6.04 Å². The summed E-state index contributed by atoms with van der Waals surface area (Å²) in [5.74, 6) is 2.05. The Morgan fingerprint density at radius 2 is 1.44 bits per heavy atom. The molecule has 2 amide bonds. The molecule has 2 rings (SSSR count). The molecule has 0 aliphatic rings. The monoisotopic (exact) mass is 470 g/mol. The van der Waals surface area contributed by atoms with Gasteiger partial charge < -0.3 is 24.4 Å². The number of benzene rings is 2. The number of ether oxygens (including phenoxy) is 3. The van der Waals surface area contributed by atoms with Crippen LogP contribution in [0.1, 0.15) is 52.0 Å². The molecular formula is C27H38N2O5. The Morgan fingerprint density at radius 3 is 1.97 bits per heavy atom. The van der Waals surface area contributed by atoms with Crippen molar-refractivity contribution in [3.63, 3.8) is 0 Å². The van der Waals surface area contributed by atoms with Crippen LogP contribution in [0.2, 0.25) is 0 Å². The van der Waals surface area contributed by atoms with Crippen molar-refractivity contribution in [3.05, 3.63) is 54.1 Å². The average molecular weight is 471 g/mol. The molecule has 1 N–H and O–H groups in total. The summed E-state index contributed by atoms with van der Waals surface area (Å²) < 4.78 is 16.1. The normalized spacial score (nSPS) is 12.4. The molecule has 0 spiro atoms. The number of carbonyl (C=O) groups is 2. The SMILES string of the molecule is CC[C@@H](C)NC(=O)[C@H](CC)N(Cc1ccc(OC)cc1)C(=O)CCCOc1ccc(OC)cc1. The van der Waals surface area contributed by atoms with Crippen molar-refractivity contribution in [2.45, 2.75) is 65.1 Å². The van der Waals surface area contributed by atoms with Crippen LogP contribution in [0, 0.1) is 0 Å². The van der Waals surface area contributed by atoms with E-state index in [-0.39, 0.29) is 17.9 Å².